The standard InChI is InChI=1S/CHF3O2S.Mg.2H/c2-1(3,4)7(5)6;;;/h7H;;;. The first-order chi connectivity index (χ1) is 2.94. The molecule has 0 aliphatic heterocycles. The molecule has 2 nitrogen and oxygen atoms in total. The number of hydrogen-bond donors (Lipinski definition) is 1. The van der Waals surface area contributed by atoms with Crippen molar-refractivity contribution in [3.05, 3.63) is 0 Å². The van der Waals surface area contributed by atoms with Gasteiger partial charge in [-0.05, 0) is 0 Å². The van der Waals surface area contributed by atoms with Crippen molar-refractivity contribution in [2.45, 2.75) is 5.51 Å². The zero-order valence-corrected chi connectivity index (χ0v) is 3.79. The molecule has 0 aromatic carbocycles. The van der Waals surface area contributed by atoms with E-state index in [0.717, 1.165) is 0 Å². The monoisotopic (exact) mass is 160 g/mol. The van der Waals surface area contributed by atoms with Crippen LogP contribution in [0.4, 0.5) is 13.2 Å². The van der Waals surface area contributed by atoms with Crippen molar-refractivity contribution in [1.29, 1.82) is 0 Å². The highest BCUT2D eigenvalue weighted by Gasteiger charge is 2.31. The molecular formula is CH3F3MgO2S. The van der Waals surface area contributed by atoms with Gasteiger partial charge in [0.2, 0.25) is 10.7 Å². The lowest BCUT2D eigenvalue weighted by molar-refractivity contribution is -0.0398. The topological polar surface area (TPSA) is 34.1 Å². The molecule has 0 aromatic heterocycles. The van der Waals surface area contributed by atoms with Gasteiger partial charge < -0.3 is 0 Å². The fourth-order valence-corrected chi connectivity index (χ4v) is 0. The largest absolute Gasteiger partial charge is 0.494 e. The summed E-state index contributed by atoms with van der Waals surface area (Å²) in [7, 11) is -4.24. The molecule has 0 aliphatic carbocycles. The number of halogens is 3. The van der Waals surface area contributed by atoms with Crippen molar-refractivity contribution in [3.8, 4) is 0 Å². The molecule has 0 heterocycles. The Kier molecular flexibility index (Phi) is 4.98. The van der Waals surface area contributed by atoms with E-state index in [1.54, 1.807) is 0 Å². The molecule has 0 spiro atoms. The molecule has 0 aliphatic rings. The van der Waals surface area contributed by atoms with Gasteiger partial charge in [0.1, 0.15) is 0 Å². The quantitative estimate of drug-likeness (QED) is 0.372. The van der Waals surface area contributed by atoms with Gasteiger partial charge in [-0.2, -0.15) is 13.2 Å². The minimum absolute atomic E-state index is 0. The highest BCUT2D eigenvalue weighted by atomic mass is 32.2. The van der Waals surface area contributed by atoms with Crippen molar-refractivity contribution in [2.75, 3.05) is 0 Å². The Morgan fingerprint density at radius 3 is 1.25 bits per heavy atom. The number of rotatable bonds is 0. The van der Waals surface area contributed by atoms with Gasteiger partial charge in [-0.25, -0.2) is 8.42 Å². The second-order valence-electron chi connectivity index (χ2n) is 0.725. The summed E-state index contributed by atoms with van der Waals surface area (Å²) in [5, 5.41) is 0. The highest BCUT2D eigenvalue weighted by molar-refractivity contribution is 7.73. The van der Waals surface area contributed by atoms with Crippen molar-refractivity contribution < 1.29 is 21.6 Å². The Balaban J connectivity index is 0. The molecule has 0 aromatic rings. The van der Waals surface area contributed by atoms with E-state index in [-0.39, 0.29) is 23.1 Å². The van der Waals surface area contributed by atoms with Crippen LogP contribution in [-0.2, 0) is 10.7 Å². The number of alkyl halides is 3. The first kappa shape index (κ1) is 11.3. The van der Waals surface area contributed by atoms with E-state index in [1.165, 1.54) is 0 Å². The van der Waals surface area contributed by atoms with E-state index in [9.17, 15) is 13.2 Å². The summed E-state index contributed by atoms with van der Waals surface area (Å²) >= 11 is 0. The van der Waals surface area contributed by atoms with E-state index in [1.807, 2.05) is 0 Å². The van der Waals surface area contributed by atoms with E-state index in [2.05, 4.69) is 0 Å². The van der Waals surface area contributed by atoms with Crippen molar-refractivity contribution in [1.82, 2.24) is 0 Å². The fraction of sp³-hybridized carbons (Fsp3) is 1.00. The molecule has 0 unspecified atom stereocenters. The van der Waals surface area contributed by atoms with Crippen molar-refractivity contribution in [3.63, 3.8) is 0 Å². The van der Waals surface area contributed by atoms with E-state index in [4.69, 9.17) is 8.42 Å². The lowest BCUT2D eigenvalue weighted by Gasteiger charge is -1.89. The van der Waals surface area contributed by atoms with Crippen LogP contribution in [0.1, 0.15) is 0 Å². The van der Waals surface area contributed by atoms with Crippen LogP contribution in [0.2, 0.25) is 0 Å². The Morgan fingerprint density at radius 1 is 1.12 bits per heavy atom. The summed E-state index contributed by atoms with van der Waals surface area (Å²) in [4.78, 5) is 0. The summed E-state index contributed by atoms with van der Waals surface area (Å²) in [6.07, 6.45) is 0. The van der Waals surface area contributed by atoms with Crippen LogP contribution in [0.15, 0.2) is 0 Å². The lowest BCUT2D eigenvalue weighted by atomic mass is 11.6. The molecule has 0 atom stereocenters. The van der Waals surface area contributed by atoms with Gasteiger partial charge in [0.05, 0.1) is 0 Å². The minimum Gasteiger partial charge on any atom is -0.223 e. The van der Waals surface area contributed by atoms with Crippen LogP contribution in [0.25, 0.3) is 0 Å². The first-order valence-corrected chi connectivity index (χ1v) is 2.33. The minimum atomic E-state index is -5.05. The molecule has 8 heavy (non-hydrogen) atoms. The summed E-state index contributed by atoms with van der Waals surface area (Å²) in [6.45, 7) is 0. The SMILES string of the molecule is O=[SH](=O)C(F)(F)F.[MgH2]. The summed E-state index contributed by atoms with van der Waals surface area (Å²) in [5.74, 6) is 0. The van der Waals surface area contributed by atoms with Crippen LogP contribution >= 0.6 is 0 Å². The first-order valence-electron chi connectivity index (χ1n) is 1.16. The predicted octanol–water partition coefficient (Wildman–Crippen LogP) is -0.799. The van der Waals surface area contributed by atoms with E-state index in [0.29, 0.717) is 0 Å². The molecule has 0 saturated carbocycles. The third kappa shape index (κ3) is 4.66. The van der Waals surface area contributed by atoms with Crippen LogP contribution < -0.4 is 0 Å². The average Bonchev–Trinajstić information content (AvgIpc) is 1.31. The van der Waals surface area contributed by atoms with Crippen LogP contribution in [0.3, 0.4) is 0 Å². The zero-order valence-electron chi connectivity index (χ0n) is 2.90. The van der Waals surface area contributed by atoms with Gasteiger partial charge in [-0.3, -0.25) is 0 Å². The van der Waals surface area contributed by atoms with Gasteiger partial charge in [0.25, 0.3) is 0 Å². The molecule has 0 rings (SSSR count). The predicted molar refractivity (Wildman–Crippen MR) is 24.9 cm³/mol. The Morgan fingerprint density at radius 2 is 1.25 bits per heavy atom. The smallest absolute Gasteiger partial charge is 0.223 e. The normalized spacial score (nSPS) is 11.0. The number of hydrogen-bond acceptors (Lipinski definition) is 2. The Bertz CT molecular complexity index is 118. The Labute approximate surface area is 61.2 Å². The second-order valence-corrected chi connectivity index (χ2v) is 1.75. The molecule has 0 N–H and O–H groups in total. The summed E-state index contributed by atoms with van der Waals surface area (Å²) in [6, 6.07) is 0. The van der Waals surface area contributed by atoms with E-state index < -0.39 is 16.2 Å². The summed E-state index contributed by atoms with van der Waals surface area (Å²) < 4.78 is 49.6. The van der Waals surface area contributed by atoms with Gasteiger partial charge in [0.15, 0.2) is 0 Å². The lowest BCUT2D eigenvalue weighted by Crippen LogP contribution is -2.07. The third-order valence-electron chi connectivity index (χ3n) is 0.207. The number of thiol groups is 1. The maximum atomic E-state index is 10.6. The molecule has 0 radical (unpaired) electrons. The van der Waals surface area contributed by atoms with Gasteiger partial charge >= 0.3 is 28.6 Å². The van der Waals surface area contributed by atoms with Gasteiger partial charge in [-0.15, -0.1) is 0 Å². The van der Waals surface area contributed by atoms with Crippen LogP contribution in [0.5, 0.6) is 0 Å². The maximum absolute atomic E-state index is 10.6. The maximum Gasteiger partial charge on any atom is 0.494 e. The molecular weight excluding hydrogens is 157 g/mol. The van der Waals surface area contributed by atoms with Crippen LogP contribution in [0, 0.1) is 0 Å². The van der Waals surface area contributed by atoms with Crippen molar-refractivity contribution >= 4 is 33.8 Å². The van der Waals surface area contributed by atoms with Gasteiger partial charge in [-0.1, -0.05) is 0 Å². The van der Waals surface area contributed by atoms with E-state index >= 15 is 0 Å². The molecule has 7 heteroatoms. The molecule has 0 bridgehead atoms. The molecule has 0 amide bonds. The fourth-order valence-electron chi connectivity index (χ4n) is 0. The zero-order chi connectivity index (χ0) is 6.08. The molecule has 0 fully saturated rings. The highest BCUT2D eigenvalue weighted by Crippen LogP contribution is 2.13. The molecule has 0 saturated heterocycles. The third-order valence-corrected chi connectivity index (χ3v) is 0.621. The van der Waals surface area contributed by atoms with Gasteiger partial charge in [0, 0.05) is 0 Å². The van der Waals surface area contributed by atoms with Crippen molar-refractivity contribution in [2.24, 2.45) is 0 Å². The second kappa shape index (κ2) is 3.52. The molecule has 48 valence electrons. The van der Waals surface area contributed by atoms with Crippen LogP contribution in [-0.4, -0.2) is 37.0 Å². The average molecular weight is 160 g/mol. The Hall–Kier alpha value is 0.506. The summed E-state index contributed by atoms with van der Waals surface area (Å²) in [5.41, 5.74) is -5.05.